The van der Waals surface area contributed by atoms with E-state index in [0.717, 1.165) is 19.1 Å². The fourth-order valence-electron chi connectivity index (χ4n) is 3.30. The molecule has 0 aromatic heterocycles. The lowest BCUT2D eigenvalue weighted by Crippen LogP contribution is -2.48. The number of rotatable bonds is 9. The zero-order chi connectivity index (χ0) is 19.9. The smallest absolute Gasteiger partial charge is 0.241 e. The first-order valence-corrected chi connectivity index (χ1v) is 11.1. The van der Waals surface area contributed by atoms with Gasteiger partial charge in [0.05, 0.1) is 10.6 Å². The highest BCUT2D eigenvalue weighted by Crippen LogP contribution is 2.27. The summed E-state index contributed by atoms with van der Waals surface area (Å²) in [4.78, 5) is 23.9. The molecule has 1 fully saturated rings. The van der Waals surface area contributed by atoms with E-state index in [1.165, 1.54) is 25.3 Å². The van der Waals surface area contributed by atoms with Gasteiger partial charge in [0.2, 0.25) is 11.8 Å². The van der Waals surface area contributed by atoms with Crippen molar-refractivity contribution in [1.29, 1.82) is 0 Å². The fourth-order valence-corrected chi connectivity index (χ4v) is 4.16. The summed E-state index contributed by atoms with van der Waals surface area (Å²) >= 11 is 0. The number of amides is 2. The van der Waals surface area contributed by atoms with E-state index in [1.54, 1.807) is 24.6 Å². The number of sulfone groups is 1. The quantitative estimate of drug-likeness (QED) is 0.588. The van der Waals surface area contributed by atoms with Gasteiger partial charge in [0.15, 0.2) is 9.84 Å². The Morgan fingerprint density at radius 2 is 1.89 bits per heavy atom. The minimum atomic E-state index is -3.42. The third kappa shape index (κ3) is 6.86. The lowest BCUT2D eigenvalue weighted by Gasteiger charge is -2.22. The summed E-state index contributed by atoms with van der Waals surface area (Å²) < 4.78 is 23.7. The number of nitrogens with two attached hydrogens (primary N) is 1. The molecule has 1 atom stereocenters. The molecule has 2 rings (SSSR count). The first kappa shape index (κ1) is 21.2. The molecule has 1 aromatic carbocycles. The lowest BCUT2D eigenvalue weighted by atomic mass is 9.86. The van der Waals surface area contributed by atoms with Crippen molar-refractivity contribution >= 4 is 27.3 Å². The predicted octanol–water partition coefficient (Wildman–Crippen LogP) is 1.65. The molecule has 8 heteroatoms. The molecule has 149 valence electrons. The summed E-state index contributed by atoms with van der Waals surface area (Å²) in [5.74, 6) is -0.488. The van der Waals surface area contributed by atoms with Crippen LogP contribution in [0.1, 0.15) is 38.5 Å². The maximum atomic E-state index is 12.1. The summed E-state index contributed by atoms with van der Waals surface area (Å²) in [5, 5.41) is 5.51. The van der Waals surface area contributed by atoms with Crippen molar-refractivity contribution < 1.29 is 18.0 Å². The topological polar surface area (TPSA) is 118 Å². The van der Waals surface area contributed by atoms with Gasteiger partial charge in [0.25, 0.3) is 0 Å². The lowest BCUT2D eigenvalue weighted by molar-refractivity contribution is -0.125. The van der Waals surface area contributed by atoms with E-state index >= 15 is 0 Å². The third-order valence-electron chi connectivity index (χ3n) is 4.80. The molecule has 0 saturated heterocycles. The van der Waals surface area contributed by atoms with E-state index in [0.29, 0.717) is 18.0 Å². The van der Waals surface area contributed by atoms with Crippen LogP contribution in [0.15, 0.2) is 29.2 Å². The normalized spacial score (nSPS) is 16.5. The third-order valence-corrected chi connectivity index (χ3v) is 5.96. The number of carbonyl (C=O) groups is 2. The van der Waals surface area contributed by atoms with Crippen molar-refractivity contribution in [1.82, 2.24) is 5.32 Å². The molecule has 1 saturated carbocycles. The first-order chi connectivity index (χ1) is 12.8. The van der Waals surface area contributed by atoms with Gasteiger partial charge < -0.3 is 16.4 Å². The van der Waals surface area contributed by atoms with E-state index in [-0.39, 0.29) is 17.3 Å². The molecule has 7 nitrogen and oxygen atoms in total. The molecule has 0 heterocycles. The molecule has 0 spiro atoms. The van der Waals surface area contributed by atoms with Crippen LogP contribution in [0.2, 0.25) is 0 Å². The van der Waals surface area contributed by atoms with Crippen molar-refractivity contribution in [2.45, 2.75) is 49.5 Å². The fraction of sp³-hybridized carbons (Fsp3) is 0.526. The minimum Gasteiger partial charge on any atom is -0.381 e. The molecular weight excluding hydrogens is 366 g/mol. The van der Waals surface area contributed by atoms with Crippen LogP contribution in [-0.2, 0) is 19.4 Å². The Labute approximate surface area is 161 Å². The highest BCUT2D eigenvalue weighted by atomic mass is 32.2. The number of hydrogen-bond acceptors (Lipinski definition) is 5. The van der Waals surface area contributed by atoms with E-state index in [2.05, 4.69) is 10.6 Å². The molecule has 0 bridgehead atoms. The SMILES string of the molecule is CS(=O)(=O)c1ccccc1NC[C@H](NC(=O)[CH]CC1CCCCC1)C(N)=O. The Morgan fingerprint density at radius 1 is 1.22 bits per heavy atom. The Bertz CT molecular complexity index is 758. The van der Waals surface area contributed by atoms with Crippen molar-refractivity contribution in [2.24, 2.45) is 11.7 Å². The van der Waals surface area contributed by atoms with Crippen molar-refractivity contribution in [2.75, 3.05) is 18.1 Å². The van der Waals surface area contributed by atoms with Crippen LogP contribution in [0.5, 0.6) is 0 Å². The van der Waals surface area contributed by atoms with Gasteiger partial charge >= 0.3 is 0 Å². The summed E-state index contributed by atoms with van der Waals surface area (Å²) in [6, 6.07) is 5.45. The van der Waals surface area contributed by atoms with Gasteiger partial charge in [-0.3, -0.25) is 9.59 Å². The molecule has 1 aromatic rings. The number of benzene rings is 1. The Morgan fingerprint density at radius 3 is 2.52 bits per heavy atom. The van der Waals surface area contributed by atoms with Gasteiger partial charge in [-0.05, 0) is 24.5 Å². The predicted molar refractivity (Wildman–Crippen MR) is 105 cm³/mol. The van der Waals surface area contributed by atoms with Crippen LogP contribution >= 0.6 is 0 Å². The average Bonchev–Trinajstić information content (AvgIpc) is 2.63. The van der Waals surface area contributed by atoms with E-state index in [4.69, 9.17) is 5.73 Å². The Hall–Kier alpha value is -2.09. The molecular formula is C19H28N3O4S. The number of anilines is 1. The van der Waals surface area contributed by atoms with Gasteiger partial charge in [-0.2, -0.15) is 0 Å². The van der Waals surface area contributed by atoms with Crippen molar-refractivity contribution in [3.05, 3.63) is 30.7 Å². The molecule has 1 aliphatic carbocycles. The minimum absolute atomic E-state index is 0.00484. The first-order valence-electron chi connectivity index (χ1n) is 9.23. The summed E-state index contributed by atoms with van der Waals surface area (Å²) in [6.45, 7) is 0.00484. The molecule has 4 N–H and O–H groups in total. The summed E-state index contributed by atoms with van der Waals surface area (Å²) in [7, 11) is -3.42. The second-order valence-corrected chi connectivity index (χ2v) is 9.04. The monoisotopic (exact) mass is 394 g/mol. The Balaban J connectivity index is 1.90. The zero-order valence-electron chi connectivity index (χ0n) is 15.6. The number of primary amides is 1. The Kier molecular flexibility index (Phi) is 7.65. The van der Waals surface area contributed by atoms with Crippen LogP contribution < -0.4 is 16.4 Å². The maximum Gasteiger partial charge on any atom is 0.241 e. The number of nitrogens with one attached hydrogen (secondary N) is 2. The van der Waals surface area contributed by atoms with Crippen molar-refractivity contribution in [3.63, 3.8) is 0 Å². The van der Waals surface area contributed by atoms with Gasteiger partial charge in [-0.15, -0.1) is 0 Å². The molecule has 1 aliphatic rings. The van der Waals surface area contributed by atoms with E-state index in [9.17, 15) is 18.0 Å². The zero-order valence-corrected chi connectivity index (χ0v) is 16.4. The molecule has 0 unspecified atom stereocenters. The molecule has 2 amide bonds. The number of hydrogen-bond donors (Lipinski definition) is 3. The average molecular weight is 395 g/mol. The van der Waals surface area contributed by atoms with E-state index < -0.39 is 21.8 Å². The summed E-state index contributed by atoms with van der Waals surface area (Å²) in [5.41, 5.74) is 5.75. The van der Waals surface area contributed by atoms with Gasteiger partial charge in [-0.1, -0.05) is 44.2 Å². The standard InChI is InChI=1S/C19H28N3O4S/c1-27(25,26)17-10-6-5-9-15(17)21-13-16(19(20)24)22-18(23)12-11-14-7-3-2-4-8-14/h5-6,9-10,12,14,16,21H,2-4,7-8,11,13H2,1H3,(H2,20,24)(H,22,23)/t16-/m0/s1. The van der Waals surface area contributed by atoms with Crippen molar-refractivity contribution in [3.8, 4) is 0 Å². The highest BCUT2D eigenvalue weighted by Gasteiger charge is 2.21. The maximum absolute atomic E-state index is 12.1. The highest BCUT2D eigenvalue weighted by molar-refractivity contribution is 7.90. The second kappa shape index (κ2) is 9.73. The van der Waals surface area contributed by atoms with Gasteiger partial charge in [0.1, 0.15) is 6.04 Å². The van der Waals surface area contributed by atoms with Gasteiger partial charge in [0, 0.05) is 19.2 Å². The van der Waals surface area contributed by atoms with Crippen LogP contribution in [-0.4, -0.2) is 39.1 Å². The van der Waals surface area contributed by atoms with Gasteiger partial charge in [-0.25, -0.2) is 8.42 Å². The van der Waals surface area contributed by atoms with Crippen LogP contribution in [0.4, 0.5) is 5.69 Å². The largest absolute Gasteiger partial charge is 0.381 e. The van der Waals surface area contributed by atoms with Crippen LogP contribution in [0.25, 0.3) is 0 Å². The number of para-hydroxylation sites is 1. The van der Waals surface area contributed by atoms with Crippen LogP contribution in [0.3, 0.4) is 0 Å². The van der Waals surface area contributed by atoms with Crippen LogP contribution in [0, 0.1) is 12.3 Å². The van der Waals surface area contributed by atoms with E-state index in [1.807, 2.05) is 0 Å². The summed E-state index contributed by atoms with van der Waals surface area (Å²) in [6.07, 6.45) is 9.31. The molecule has 1 radical (unpaired) electrons. The number of carbonyl (C=O) groups excluding carboxylic acids is 2. The second-order valence-electron chi connectivity index (χ2n) is 7.06. The molecule has 27 heavy (non-hydrogen) atoms. The molecule has 0 aliphatic heterocycles.